The summed E-state index contributed by atoms with van der Waals surface area (Å²) in [4.78, 5) is 63.5. The highest BCUT2D eigenvalue weighted by atomic mass is 35.5. The van der Waals surface area contributed by atoms with E-state index in [2.05, 4.69) is 0 Å². The third-order valence-corrected chi connectivity index (χ3v) is 6.74. The number of benzene rings is 3. The molecule has 1 atom stereocenters. The van der Waals surface area contributed by atoms with E-state index < -0.39 is 36.2 Å². The van der Waals surface area contributed by atoms with E-state index in [4.69, 9.17) is 37.4 Å². The molecular formula is C30H25Cl2NO8. The number of ether oxygens (including phenoxy) is 3. The van der Waals surface area contributed by atoms with E-state index in [1.54, 1.807) is 24.3 Å². The van der Waals surface area contributed by atoms with Crippen molar-refractivity contribution in [1.29, 1.82) is 0 Å². The summed E-state index contributed by atoms with van der Waals surface area (Å²) < 4.78 is 15.6. The molecule has 0 bridgehead atoms. The van der Waals surface area contributed by atoms with Crippen molar-refractivity contribution < 1.29 is 38.2 Å². The lowest BCUT2D eigenvalue weighted by molar-refractivity contribution is -0.147. The summed E-state index contributed by atoms with van der Waals surface area (Å²) in [6, 6.07) is 16.5. The number of hydrogen-bond acceptors (Lipinski definition) is 8. The van der Waals surface area contributed by atoms with E-state index in [0.29, 0.717) is 29.3 Å². The highest BCUT2D eigenvalue weighted by Crippen LogP contribution is 2.27. The first-order valence-corrected chi connectivity index (χ1v) is 13.5. The molecule has 3 aromatic rings. The summed E-state index contributed by atoms with van der Waals surface area (Å²) in [5, 5.41) is 0.523. The molecule has 1 saturated heterocycles. The molecule has 212 valence electrons. The Bertz CT molecular complexity index is 1470. The smallest absolute Gasteiger partial charge is 0.345 e. The molecule has 0 spiro atoms. The minimum atomic E-state index is -0.744. The van der Waals surface area contributed by atoms with Crippen LogP contribution < -0.4 is 9.64 Å². The van der Waals surface area contributed by atoms with E-state index >= 15 is 0 Å². The maximum absolute atomic E-state index is 12.6. The summed E-state index contributed by atoms with van der Waals surface area (Å²) in [7, 11) is 0. The molecule has 11 heteroatoms. The lowest BCUT2D eigenvalue weighted by Crippen LogP contribution is -2.27. The van der Waals surface area contributed by atoms with Gasteiger partial charge in [0, 0.05) is 29.2 Å². The predicted molar refractivity (Wildman–Crippen MR) is 151 cm³/mol. The largest absolute Gasteiger partial charge is 0.462 e. The molecule has 0 aromatic heterocycles. The Morgan fingerprint density at radius 3 is 2.22 bits per heavy atom. The van der Waals surface area contributed by atoms with Crippen LogP contribution in [0.2, 0.25) is 10.0 Å². The van der Waals surface area contributed by atoms with E-state index in [1.807, 2.05) is 6.92 Å². The van der Waals surface area contributed by atoms with Gasteiger partial charge < -0.3 is 19.1 Å². The van der Waals surface area contributed by atoms with Crippen molar-refractivity contribution >= 4 is 58.5 Å². The maximum atomic E-state index is 12.6. The van der Waals surface area contributed by atoms with Crippen molar-refractivity contribution in [3.8, 4) is 5.75 Å². The van der Waals surface area contributed by atoms with Gasteiger partial charge in [0.05, 0.1) is 28.7 Å². The number of halogens is 2. The second-order valence-corrected chi connectivity index (χ2v) is 10.0. The Morgan fingerprint density at radius 2 is 1.56 bits per heavy atom. The van der Waals surface area contributed by atoms with Crippen LogP contribution in [0, 0.1) is 5.92 Å². The number of anilines is 1. The molecule has 0 aliphatic carbocycles. The van der Waals surface area contributed by atoms with Crippen molar-refractivity contribution in [2.45, 2.75) is 19.8 Å². The van der Waals surface area contributed by atoms with Crippen molar-refractivity contribution in [3.63, 3.8) is 0 Å². The summed E-state index contributed by atoms with van der Waals surface area (Å²) in [6.07, 6.45) is 0.644. The van der Waals surface area contributed by atoms with Crippen molar-refractivity contribution in [1.82, 2.24) is 0 Å². The maximum Gasteiger partial charge on any atom is 0.345 e. The molecule has 4 rings (SSSR count). The summed E-state index contributed by atoms with van der Waals surface area (Å²) in [5.74, 6) is -3.11. The standard InChI is InChI=1S/C30H25Cl2NO8/c1-2-13-39-28(36)19-3-8-22(9-4-19)33-16-20(14-27(33)35)29(37)40-17-26(34)18-5-10-23(11-6-18)41-30(38)24-12-7-21(31)15-25(24)32/h3-12,15,20H,2,13-14,16-17H2,1H3/t20-/m0/s1. The van der Waals surface area contributed by atoms with Crippen LogP contribution in [0.5, 0.6) is 5.75 Å². The van der Waals surface area contributed by atoms with Crippen LogP contribution in [0.25, 0.3) is 0 Å². The van der Waals surface area contributed by atoms with Gasteiger partial charge in [0.1, 0.15) is 5.75 Å². The van der Waals surface area contributed by atoms with Crippen molar-refractivity contribution in [2.75, 3.05) is 24.7 Å². The molecule has 3 aromatic carbocycles. The molecule has 0 radical (unpaired) electrons. The number of carbonyl (C=O) groups excluding carboxylic acids is 5. The van der Waals surface area contributed by atoms with Crippen molar-refractivity contribution in [3.05, 3.63) is 93.5 Å². The Labute approximate surface area is 245 Å². The fraction of sp³-hybridized carbons (Fsp3) is 0.233. The van der Waals surface area contributed by atoms with Crippen LogP contribution in [0.15, 0.2) is 66.7 Å². The van der Waals surface area contributed by atoms with Gasteiger partial charge in [0.2, 0.25) is 5.91 Å². The quantitative estimate of drug-likeness (QED) is 0.169. The Kier molecular flexibility index (Phi) is 9.75. The third kappa shape index (κ3) is 7.50. The van der Waals surface area contributed by atoms with E-state index in [-0.39, 0.29) is 40.8 Å². The van der Waals surface area contributed by atoms with Gasteiger partial charge in [-0.05, 0) is 73.2 Å². The van der Waals surface area contributed by atoms with Gasteiger partial charge in [-0.2, -0.15) is 0 Å². The Morgan fingerprint density at radius 1 is 0.878 bits per heavy atom. The first-order valence-electron chi connectivity index (χ1n) is 12.7. The normalized spacial score (nSPS) is 14.5. The van der Waals surface area contributed by atoms with Crippen LogP contribution in [0.4, 0.5) is 5.69 Å². The first kappa shape index (κ1) is 29.8. The molecule has 41 heavy (non-hydrogen) atoms. The van der Waals surface area contributed by atoms with Crippen LogP contribution in [0.1, 0.15) is 50.8 Å². The zero-order chi connectivity index (χ0) is 29.5. The monoisotopic (exact) mass is 597 g/mol. The van der Waals surface area contributed by atoms with Gasteiger partial charge in [-0.15, -0.1) is 0 Å². The number of hydrogen-bond donors (Lipinski definition) is 0. The van der Waals surface area contributed by atoms with Crippen LogP contribution in [0.3, 0.4) is 0 Å². The molecule has 9 nitrogen and oxygen atoms in total. The zero-order valence-electron chi connectivity index (χ0n) is 21.9. The first-order chi connectivity index (χ1) is 19.7. The number of esters is 3. The van der Waals surface area contributed by atoms with Gasteiger partial charge in [0.25, 0.3) is 0 Å². The fourth-order valence-electron chi connectivity index (χ4n) is 4.03. The summed E-state index contributed by atoms with van der Waals surface area (Å²) in [6.45, 7) is 1.78. The van der Waals surface area contributed by atoms with Crippen LogP contribution in [-0.2, 0) is 19.1 Å². The minimum absolute atomic E-state index is 0.0645. The zero-order valence-corrected chi connectivity index (χ0v) is 23.4. The van der Waals surface area contributed by atoms with Gasteiger partial charge in [-0.25, -0.2) is 9.59 Å². The van der Waals surface area contributed by atoms with Gasteiger partial charge >= 0.3 is 17.9 Å². The highest BCUT2D eigenvalue weighted by molar-refractivity contribution is 6.36. The van der Waals surface area contributed by atoms with Gasteiger partial charge in [0.15, 0.2) is 12.4 Å². The Hall–Kier alpha value is -4.21. The molecule has 1 heterocycles. The van der Waals surface area contributed by atoms with Crippen LogP contribution >= 0.6 is 23.2 Å². The van der Waals surface area contributed by atoms with Crippen molar-refractivity contribution in [2.24, 2.45) is 5.92 Å². The van der Waals surface area contributed by atoms with E-state index in [1.165, 1.54) is 47.4 Å². The Balaban J connectivity index is 1.27. The van der Waals surface area contributed by atoms with E-state index in [9.17, 15) is 24.0 Å². The molecule has 1 aliphatic heterocycles. The average molecular weight is 598 g/mol. The molecule has 1 aliphatic rings. The number of amides is 1. The number of nitrogens with zero attached hydrogens (tertiary/aromatic N) is 1. The fourth-order valence-corrected chi connectivity index (χ4v) is 4.52. The van der Waals surface area contributed by atoms with Gasteiger partial charge in [-0.3, -0.25) is 14.4 Å². The lowest BCUT2D eigenvalue weighted by Gasteiger charge is -2.17. The number of carbonyl (C=O) groups is 5. The molecule has 0 N–H and O–H groups in total. The number of rotatable bonds is 10. The van der Waals surface area contributed by atoms with Crippen LogP contribution in [-0.4, -0.2) is 49.4 Å². The number of Topliss-reactive ketones (excluding diaryl/α,β-unsaturated/α-hetero) is 1. The SMILES string of the molecule is CCCOC(=O)c1ccc(N2C[C@@H](C(=O)OCC(=O)c3ccc(OC(=O)c4ccc(Cl)cc4Cl)cc3)CC2=O)cc1. The summed E-state index contributed by atoms with van der Waals surface area (Å²) >= 11 is 11.9. The highest BCUT2D eigenvalue weighted by Gasteiger charge is 2.36. The molecule has 0 saturated carbocycles. The second kappa shape index (κ2) is 13.4. The number of ketones is 1. The minimum Gasteiger partial charge on any atom is -0.462 e. The second-order valence-electron chi connectivity index (χ2n) is 9.16. The summed E-state index contributed by atoms with van der Waals surface area (Å²) in [5.41, 5.74) is 1.27. The molecule has 1 amide bonds. The van der Waals surface area contributed by atoms with E-state index in [0.717, 1.165) is 0 Å². The third-order valence-electron chi connectivity index (χ3n) is 6.19. The molecule has 0 unspecified atom stereocenters. The molecular weight excluding hydrogens is 573 g/mol. The predicted octanol–water partition coefficient (Wildman–Crippen LogP) is 5.56. The lowest BCUT2D eigenvalue weighted by atomic mass is 10.1. The van der Waals surface area contributed by atoms with Gasteiger partial charge in [-0.1, -0.05) is 30.1 Å². The average Bonchev–Trinajstić information content (AvgIpc) is 3.36. The molecule has 1 fully saturated rings. The topological polar surface area (TPSA) is 116 Å².